The highest BCUT2D eigenvalue weighted by Crippen LogP contribution is 2.32. The molecule has 2 aliphatic heterocycles. The molecule has 1 aromatic rings. The quantitative estimate of drug-likeness (QED) is 0.831. The van der Waals surface area contributed by atoms with Crippen molar-refractivity contribution in [3.8, 4) is 5.75 Å². The van der Waals surface area contributed by atoms with Crippen LogP contribution in [0.5, 0.6) is 5.75 Å². The number of rotatable bonds is 2. The number of methoxy groups -OCH3 is 1. The molecular formula is C15H20N2O4. The average molecular weight is 292 g/mol. The number of nitrogens with two attached hydrogens (primary N) is 1. The van der Waals surface area contributed by atoms with Crippen LogP contribution in [0.25, 0.3) is 0 Å². The Kier molecular flexibility index (Phi) is 3.73. The molecule has 0 aromatic heterocycles. The lowest BCUT2D eigenvalue weighted by Gasteiger charge is -2.38. The molecule has 2 fully saturated rings. The van der Waals surface area contributed by atoms with Crippen LogP contribution >= 0.6 is 0 Å². The summed E-state index contributed by atoms with van der Waals surface area (Å²) in [5, 5.41) is 0. The Morgan fingerprint density at radius 3 is 2.86 bits per heavy atom. The van der Waals surface area contributed by atoms with Crippen LogP contribution in [-0.2, 0) is 9.47 Å². The van der Waals surface area contributed by atoms with Gasteiger partial charge >= 0.3 is 0 Å². The van der Waals surface area contributed by atoms with Crippen LogP contribution in [-0.4, -0.2) is 50.0 Å². The first kappa shape index (κ1) is 14.2. The molecule has 0 unspecified atom stereocenters. The first-order chi connectivity index (χ1) is 10.1. The monoisotopic (exact) mass is 292 g/mol. The molecule has 3 rings (SSSR count). The second kappa shape index (κ2) is 5.54. The Morgan fingerprint density at radius 1 is 1.38 bits per heavy atom. The van der Waals surface area contributed by atoms with E-state index in [0.29, 0.717) is 43.3 Å². The summed E-state index contributed by atoms with van der Waals surface area (Å²) in [4.78, 5) is 14.5. The second-order valence-corrected chi connectivity index (χ2v) is 5.40. The first-order valence-corrected chi connectivity index (χ1v) is 7.14. The third kappa shape index (κ3) is 2.69. The Bertz CT molecular complexity index is 540. The van der Waals surface area contributed by atoms with Gasteiger partial charge in [-0.1, -0.05) is 0 Å². The van der Waals surface area contributed by atoms with Gasteiger partial charge in [0.05, 0.1) is 32.4 Å². The van der Waals surface area contributed by atoms with Crippen molar-refractivity contribution in [2.24, 2.45) is 0 Å². The zero-order chi connectivity index (χ0) is 14.9. The third-order valence-electron chi connectivity index (χ3n) is 3.97. The Balaban J connectivity index is 1.81. The van der Waals surface area contributed by atoms with Crippen LogP contribution in [0.1, 0.15) is 23.2 Å². The van der Waals surface area contributed by atoms with E-state index < -0.39 is 5.79 Å². The summed E-state index contributed by atoms with van der Waals surface area (Å²) in [5.74, 6) is -0.201. The molecule has 21 heavy (non-hydrogen) atoms. The highest BCUT2D eigenvalue weighted by molar-refractivity contribution is 5.97. The van der Waals surface area contributed by atoms with Crippen LogP contribution in [0.3, 0.4) is 0 Å². The van der Waals surface area contributed by atoms with Crippen molar-refractivity contribution in [3.63, 3.8) is 0 Å². The van der Waals surface area contributed by atoms with Gasteiger partial charge in [-0.15, -0.1) is 0 Å². The smallest absolute Gasteiger partial charge is 0.257 e. The minimum absolute atomic E-state index is 0.0787. The number of amides is 1. The van der Waals surface area contributed by atoms with Gasteiger partial charge in [0.1, 0.15) is 5.75 Å². The Hall–Kier alpha value is -1.79. The third-order valence-corrected chi connectivity index (χ3v) is 3.97. The van der Waals surface area contributed by atoms with Crippen molar-refractivity contribution < 1.29 is 19.0 Å². The largest absolute Gasteiger partial charge is 0.496 e. The van der Waals surface area contributed by atoms with Crippen molar-refractivity contribution in [2.45, 2.75) is 18.6 Å². The standard InChI is InChI=1S/C15H20N2O4/c1-19-13-9-11(16)3-4-12(13)14(18)17-6-2-5-15(10-17)20-7-8-21-15/h3-4,9H,2,5-8,10,16H2,1H3. The molecule has 2 saturated heterocycles. The Labute approximate surface area is 123 Å². The van der Waals surface area contributed by atoms with E-state index in [1.54, 1.807) is 23.1 Å². The van der Waals surface area contributed by atoms with Gasteiger partial charge in [-0.2, -0.15) is 0 Å². The minimum atomic E-state index is -0.616. The van der Waals surface area contributed by atoms with Crippen LogP contribution in [0.15, 0.2) is 18.2 Å². The van der Waals surface area contributed by atoms with Gasteiger partial charge in [0.2, 0.25) is 0 Å². The van der Waals surface area contributed by atoms with Crippen molar-refractivity contribution >= 4 is 11.6 Å². The Morgan fingerprint density at radius 2 is 2.14 bits per heavy atom. The topological polar surface area (TPSA) is 74.0 Å². The van der Waals surface area contributed by atoms with Crippen LogP contribution in [0.4, 0.5) is 5.69 Å². The zero-order valence-electron chi connectivity index (χ0n) is 12.1. The van der Waals surface area contributed by atoms with Gasteiger partial charge in [-0.25, -0.2) is 0 Å². The molecule has 2 N–H and O–H groups in total. The fourth-order valence-electron chi connectivity index (χ4n) is 2.95. The molecule has 0 saturated carbocycles. The lowest BCUT2D eigenvalue weighted by atomic mass is 10.0. The molecule has 0 atom stereocenters. The molecule has 0 radical (unpaired) electrons. The molecular weight excluding hydrogens is 272 g/mol. The van der Waals surface area contributed by atoms with Gasteiger partial charge in [-0.05, 0) is 18.6 Å². The maximum absolute atomic E-state index is 12.7. The fraction of sp³-hybridized carbons (Fsp3) is 0.533. The summed E-state index contributed by atoms with van der Waals surface area (Å²) in [6.07, 6.45) is 1.69. The number of hydrogen-bond donors (Lipinski definition) is 1. The normalized spacial score (nSPS) is 20.7. The van der Waals surface area contributed by atoms with Crippen LogP contribution in [0, 0.1) is 0 Å². The number of nitrogen functional groups attached to an aromatic ring is 1. The molecule has 114 valence electrons. The maximum atomic E-state index is 12.7. The highest BCUT2D eigenvalue weighted by atomic mass is 16.7. The molecule has 0 aliphatic carbocycles. The molecule has 2 heterocycles. The second-order valence-electron chi connectivity index (χ2n) is 5.40. The molecule has 6 nitrogen and oxygen atoms in total. The molecule has 2 aliphatic rings. The van der Waals surface area contributed by atoms with Crippen LogP contribution in [0.2, 0.25) is 0 Å². The van der Waals surface area contributed by atoms with E-state index in [1.165, 1.54) is 7.11 Å². The maximum Gasteiger partial charge on any atom is 0.257 e. The summed E-state index contributed by atoms with van der Waals surface area (Å²) in [6.45, 7) is 2.33. The van der Waals surface area contributed by atoms with E-state index in [2.05, 4.69) is 0 Å². The average Bonchev–Trinajstić information content (AvgIpc) is 2.94. The van der Waals surface area contributed by atoms with Crippen molar-refractivity contribution in [1.82, 2.24) is 4.90 Å². The molecule has 6 heteroatoms. The molecule has 1 spiro atoms. The van der Waals surface area contributed by atoms with E-state index in [0.717, 1.165) is 12.8 Å². The zero-order valence-corrected chi connectivity index (χ0v) is 12.1. The van der Waals surface area contributed by atoms with Gasteiger partial charge in [0, 0.05) is 24.7 Å². The lowest BCUT2D eigenvalue weighted by molar-refractivity contribution is -0.183. The fourth-order valence-corrected chi connectivity index (χ4v) is 2.95. The number of hydrogen-bond acceptors (Lipinski definition) is 5. The predicted molar refractivity (Wildman–Crippen MR) is 77.2 cm³/mol. The highest BCUT2D eigenvalue weighted by Gasteiger charge is 2.42. The number of likely N-dealkylation sites (tertiary alicyclic amines) is 1. The van der Waals surface area contributed by atoms with E-state index in [-0.39, 0.29) is 5.91 Å². The van der Waals surface area contributed by atoms with E-state index in [9.17, 15) is 4.79 Å². The van der Waals surface area contributed by atoms with Gasteiger partial charge in [0.15, 0.2) is 5.79 Å². The van der Waals surface area contributed by atoms with E-state index >= 15 is 0 Å². The van der Waals surface area contributed by atoms with Crippen molar-refractivity contribution in [3.05, 3.63) is 23.8 Å². The first-order valence-electron chi connectivity index (χ1n) is 7.14. The SMILES string of the molecule is COc1cc(N)ccc1C(=O)N1CCCC2(C1)OCCO2. The molecule has 1 aromatic carbocycles. The summed E-state index contributed by atoms with van der Waals surface area (Å²) in [7, 11) is 1.53. The van der Waals surface area contributed by atoms with E-state index in [4.69, 9.17) is 19.9 Å². The minimum Gasteiger partial charge on any atom is -0.496 e. The van der Waals surface area contributed by atoms with Gasteiger partial charge in [-0.3, -0.25) is 4.79 Å². The summed E-state index contributed by atoms with van der Waals surface area (Å²) < 4.78 is 16.7. The number of piperidine rings is 1. The molecule has 1 amide bonds. The predicted octanol–water partition coefficient (Wildman–Crippen LogP) is 1.26. The van der Waals surface area contributed by atoms with Gasteiger partial charge in [0.25, 0.3) is 5.91 Å². The number of carbonyl (C=O) groups excluding carboxylic acids is 1. The summed E-state index contributed by atoms with van der Waals surface area (Å²) in [6, 6.07) is 5.07. The van der Waals surface area contributed by atoms with Gasteiger partial charge < -0.3 is 24.8 Å². The summed E-state index contributed by atoms with van der Waals surface area (Å²) >= 11 is 0. The lowest BCUT2D eigenvalue weighted by Crippen LogP contribution is -2.51. The van der Waals surface area contributed by atoms with Crippen LogP contribution < -0.4 is 10.5 Å². The van der Waals surface area contributed by atoms with Crippen molar-refractivity contribution in [1.29, 1.82) is 0 Å². The number of ether oxygens (including phenoxy) is 3. The summed E-state index contributed by atoms with van der Waals surface area (Å²) in [5.41, 5.74) is 6.82. The number of carbonyl (C=O) groups is 1. The number of nitrogens with zero attached hydrogens (tertiary/aromatic N) is 1. The number of anilines is 1. The van der Waals surface area contributed by atoms with Crippen molar-refractivity contribution in [2.75, 3.05) is 39.1 Å². The van der Waals surface area contributed by atoms with E-state index in [1.807, 2.05) is 0 Å². The molecule has 0 bridgehead atoms. The number of benzene rings is 1.